The molecule has 7 nitrogen and oxygen atoms in total. The molecule has 0 fully saturated rings. The molecule has 0 saturated heterocycles. The van der Waals surface area contributed by atoms with E-state index in [0.29, 0.717) is 18.5 Å². The van der Waals surface area contributed by atoms with Crippen LogP contribution in [0.3, 0.4) is 0 Å². The second-order valence-corrected chi connectivity index (χ2v) is 6.40. The summed E-state index contributed by atoms with van der Waals surface area (Å²) in [7, 11) is -3.43. The summed E-state index contributed by atoms with van der Waals surface area (Å²) < 4.78 is 29.3. The van der Waals surface area contributed by atoms with E-state index in [-0.39, 0.29) is 12.3 Å². The lowest BCUT2D eigenvalue weighted by atomic mass is 10.3. The Morgan fingerprint density at radius 3 is 2.00 bits per heavy atom. The number of nitro groups is 1. The third kappa shape index (κ3) is 4.35. The fraction of sp³-hybridized carbons (Fsp3) is 0.538. The van der Waals surface area contributed by atoms with Crippen LogP contribution in [0, 0.1) is 10.1 Å². The molecule has 0 N–H and O–H groups in total. The van der Waals surface area contributed by atoms with E-state index in [1.165, 1.54) is 24.3 Å². The van der Waals surface area contributed by atoms with Crippen molar-refractivity contribution in [1.29, 1.82) is 0 Å². The molecule has 0 radical (unpaired) electrons. The Hall–Kier alpha value is -1.27. The zero-order valence-corrected chi connectivity index (χ0v) is 13.2. The highest BCUT2D eigenvalue weighted by atomic mass is 31.2. The first kappa shape index (κ1) is 17.8. The molecule has 1 aromatic rings. The molecular formula is C13H20NO6P. The van der Waals surface area contributed by atoms with Crippen molar-refractivity contribution in [3.05, 3.63) is 34.4 Å². The lowest BCUT2D eigenvalue weighted by Gasteiger charge is -2.26. The van der Waals surface area contributed by atoms with E-state index >= 15 is 0 Å². The van der Waals surface area contributed by atoms with E-state index in [1.54, 1.807) is 20.8 Å². The van der Waals surface area contributed by atoms with E-state index in [4.69, 9.17) is 14.0 Å². The molecule has 8 heteroatoms. The molecule has 1 unspecified atom stereocenters. The highest BCUT2D eigenvalue weighted by Gasteiger charge is 2.38. The molecule has 1 atom stereocenters. The highest BCUT2D eigenvalue weighted by Crippen LogP contribution is 2.51. The largest absolute Gasteiger partial charge is 0.344 e. The zero-order valence-electron chi connectivity index (χ0n) is 12.4. The van der Waals surface area contributed by atoms with Gasteiger partial charge in [0.15, 0.2) is 0 Å². The van der Waals surface area contributed by atoms with E-state index in [1.807, 2.05) is 0 Å². The summed E-state index contributed by atoms with van der Waals surface area (Å²) in [5.41, 5.74) is -0.0776. The van der Waals surface area contributed by atoms with Crippen LogP contribution in [0.15, 0.2) is 24.3 Å². The minimum absolute atomic E-state index is 0.0776. The first-order valence-corrected chi connectivity index (χ1v) is 8.41. The van der Waals surface area contributed by atoms with Crippen LogP contribution in [-0.4, -0.2) is 30.8 Å². The molecule has 0 spiro atoms. The monoisotopic (exact) mass is 317 g/mol. The van der Waals surface area contributed by atoms with Gasteiger partial charge in [0.1, 0.15) is 0 Å². The van der Waals surface area contributed by atoms with Crippen molar-refractivity contribution in [2.75, 3.05) is 19.8 Å². The van der Waals surface area contributed by atoms with Crippen molar-refractivity contribution in [1.82, 2.24) is 0 Å². The molecule has 1 aromatic carbocycles. The molecule has 21 heavy (non-hydrogen) atoms. The molecule has 0 heterocycles. The molecule has 0 aliphatic rings. The summed E-state index contributed by atoms with van der Waals surface area (Å²) in [6.45, 7) is 6.08. The number of benzene rings is 1. The number of hydrogen-bond donors (Lipinski definition) is 0. The van der Waals surface area contributed by atoms with Crippen LogP contribution >= 0.6 is 7.37 Å². The highest BCUT2D eigenvalue weighted by molar-refractivity contribution is 7.67. The molecule has 118 valence electrons. The second kappa shape index (κ2) is 8.24. The third-order valence-corrected chi connectivity index (χ3v) is 5.15. The third-order valence-electron chi connectivity index (χ3n) is 2.64. The summed E-state index contributed by atoms with van der Waals surface area (Å²) in [6, 6.07) is 4.39. The molecule has 0 amide bonds. The molecular weight excluding hydrogens is 297 g/mol. The molecule has 0 bridgehead atoms. The average Bonchev–Trinajstić information content (AvgIpc) is 2.47. The zero-order chi connectivity index (χ0) is 15.9. The van der Waals surface area contributed by atoms with E-state index in [9.17, 15) is 14.7 Å². The number of nitrogens with zero attached hydrogens (tertiary/aromatic N) is 1. The summed E-state index contributed by atoms with van der Waals surface area (Å²) >= 11 is 0. The number of rotatable bonds is 9. The van der Waals surface area contributed by atoms with Crippen LogP contribution in [-0.2, 0) is 18.6 Å². The van der Waals surface area contributed by atoms with Gasteiger partial charge in [-0.2, -0.15) is 0 Å². The van der Waals surface area contributed by atoms with Gasteiger partial charge in [-0.3, -0.25) is 14.7 Å². The average molecular weight is 317 g/mol. The van der Waals surface area contributed by atoms with Gasteiger partial charge in [-0.1, -0.05) is 0 Å². The molecule has 0 saturated carbocycles. The minimum Gasteiger partial charge on any atom is -0.344 e. The molecule has 0 aromatic heterocycles. The van der Waals surface area contributed by atoms with Crippen LogP contribution in [0.2, 0.25) is 0 Å². The first-order valence-electron chi connectivity index (χ1n) is 6.72. The van der Waals surface area contributed by atoms with Crippen molar-refractivity contribution in [3.63, 3.8) is 0 Å². The van der Waals surface area contributed by atoms with Crippen LogP contribution < -0.4 is 5.30 Å². The topological polar surface area (TPSA) is 87.9 Å². The molecule has 0 aliphatic carbocycles. The maximum absolute atomic E-state index is 13.1. The summed E-state index contributed by atoms with van der Waals surface area (Å²) in [5.74, 6) is 0. The Balaban J connectivity index is 3.18. The van der Waals surface area contributed by atoms with E-state index in [2.05, 4.69) is 0 Å². The lowest BCUT2D eigenvalue weighted by Crippen LogP contribution is -2.25. The quantitative estimate of drug-likeness (QED) is 0.301. The number of non-ortho nitro benzene ring substituents is 1. The Kier molecular flexibility index (Phi) is 6.98. The summed E-state index contributed by atoms with van der Waals surface area (Å²) in [4.78, 5) is 10.2. The van der Waals surface area contributed by atoms with Gasteiger partial charge in [-0.05, 0) is 32.9 Å². The normalized spacial score (nSPS) is 14.1. The summed E-state index contributed by atoms with van der Waals surface area (Å²) in [5, 5.41) is 11.0. The fourth-order valence-corrected chi connectivity index (χ4v) is 3.91. The van der Waals surface area contributed by atoms with Gasteiger partial charge in [0.25, 0.3) is 13.1 Å². The number of ether oxygens (including phenoxy) is 2. The number of hydrogen-bond acceptors (Lipinski definition) is 6. The Bertz CT molecular complexity index is 498. The predicted molar refractivity (Wildman–Crippen MR) is 79.0 cm³/mol. The van der Waals surface area contributed by atoms with Crippen LogP contribution in [0.1, 0.15) is 20.8 Å². The van der Waals surface area contributed by atoms with Crippen LogP contribution in [0.25, 0.3) is 0 Å². The van der Waals surface area contributed by atoms with Gasteiger partial charge >= 0.3 is 0 Å². The van der Waals surface area contributed by atoms with Crippen molar-refractivity contribution < 1.29 is 23.5 Å². The minimum atomic E-state index is -3.43. The van der Waals surface area contributed by atoms with Crippen LogP contribution in [0.4, 0.5) is 5.69 Å². The van der Waals surface area contributed by atoms with Crippen molar-refractivity contribution in [2.45, 2.75) is 26.8 Å². The van der Waals surface area contributed by atoms with Gasteiger partial charge in [0, 0.05) is 30.7 Å². The van der Waals surface area contributed by atoms with Crippen molar-refractivity contribution in [2.24, 2.45) is 0 Å². The Morgan fingerprint density at radius 2 is 1.62 bits per heavy atom. The first-order chi connectivity index (χ1) is 9.99. The SMILES string of the molecule is CCOC(OCC)P(=O)(OCC)c1ccc([N+](=O)[O-])cc1. The Labute approximate surface area is 123 Å². The molecule has 0 aliphatic heterocycles. The maximum atomic E-state index is 13.1. The van der Waals surface area contributed by atoms with Crippen molar-refractivity contribution in [3.8, 4) is 0 Å². The second-order valence-electron chi connectivity index (χ2n) is 4.01. The van der Waals surface area contributed by atoms with Gasteiger partial charge in [-0.25, -0.2) is 0 Å². The van der Waals surface area contributed by atoms with Crippen LogP contribution in [0.5, 0.6) is 0 Å². The number of nitro benzene ring substituents is 1. The van der Waals surface area contributed by atoms with E-state index < -0.39 is 18.3 Å². The van der Waals surface area contributed by atoms with Gasteiger partial charge in [0.2, 0.25) is 6.03 Å². The lowest BCUT2D eigenvalue weighted by molar-refractivity contribution is -0.384. The maximum Gasteiger partial charge on any atom is 0.286 e. The van der Waals surface area contributed by atoms with Crippen molar-refractivity contribution >= 4 is 18.4 Å². The smallest absolute Gasteiger partial charge is 0.286 e. The summed E-state index contributed by atoms with van der Waals surface area (Å²) in [6.07, 6.45) is 0. The van der Waals surface area contributed by atoms with Gasteiger partial charge in [-0.15, -0.1) is 0 Å². The molecule has 1 rings (SSSR count). The standard InChI is InChI=1S/C13H20NO6P/c1-4-18-13(19-5-2)21(17,20-6-3)12-9-7-11(8-10-12)14(15)16/h7-10,13H,4-6H2,1-3H3. The fourth-order valence-electron chi connectivity index (χ4n) is 1.76. The Morgan fingerprint density at radius 1 is 1.10 bits per heavy atom. The van der Waals surface area contributed by atoms with E-state index in [0.717, 1.165) is 0 Å². The predicted octanol–water partition coefficient (Wildman–Crippen LogP) is 2.89. The van der Waals surface area contributed by atoms with Gasteiger partial charge in [0.05, 0.1) is 11.5 Å². The van der Waals surface area contributed by atoms with Gasteiger partial charge < -0.3 is 14.0 Å².